The van der Waals surface area contributed by atoms with Crippen molar-refractivity contribution in [2.45, 2.75) is 12.4 Å². The van der Waals surface area contributed by atoms with Crippen molar-refractivity contribution < 1.29 is 36.2 Å². The SMILES string of the molecule is O=C(O)/C=C/c1cccc(-c2cc(C(F)(F)F)cc(C(F)(F)F)c2)n1. The Kier molecular flexibility index (Phi) is 4.87. The number of aromatic nitrogens is 1. The summed E-state index contributed by atoms with van der Waals surface area (Å²) in [5.74, 6) is -1.27. The largest absolute Gasteiger partial charge is 0.478 e. The van der Waals surface area contributed by atoms with Gasteiger partial charge in [0.05, 0.1) is 22.5 Å². The second-order valence-corrected chi connectivity index (χ2v) is 4.91. The molecule has 2 rings (SSSR count). The van der Waals surface area contributed by atoms with Crippen LogP contribution in [-0.4, -0.2) is 16.1 Å². The van der Waals surface area contributed by atoms with E-state index in [0.29, 0.717) is 12.1 Å². The standard InChI is InChI=1S/C16H9F6NO2/c17-15(18,19)10-6-9(7-11(8-10)16(20,21)22)13-3-1-2-12(23-13)4-5-14(24)25/h1-8H,(H,24,25)/b5-4+. The summed E-state index contributed by atoms with van der Waals surface area (Å²) in [6.07, 6.45) is -8.10. The lowest BCUT2D eigenvalue weighted by molar-refractivity contribution is -0.143. The van der Waals surface area contributed by atoms with E-state index in [-0.39, 0.29) is 23.0 Å². The van der Waals surface area contributed by atoms with Crippen LogP contribution in [0.5, 0.6) is 0 Å². The van der Waals surface area contributed by atoms with Crippen LogP contribution in [0.3, 0.4) is 0 Å². The van der Waals surface area contributed by atoms with E-state index in [9.17, 15) is 31.1 Å². The zero-order chi connectivity index (χ0) is 18.8. The quantitative estimate of drug-likeness (QED) is 0.626. The average Bonchev–Trinajstić information content (AvgIpc) is 2.51. The van der Waals surface area contributed by atoms with Gasteiger partial charge in [0, 0.05) is 11.6 Å². The third kappa shape index (κ3) is 4.82. The van der Waals surface area contributed by atoms with Crippen LogP contribution in [0.1, 0.15) is 16.8 Å². The Morgan fingerprint density at radius 2 is 1.52 bits per heavy atom. The maximum atomic E-state index is 12.9. The summed E-state index contributed by atoms with van der Waals surface area (Å²) in [6, 6.07) is 5.08. The summed E-state index contributed by atoms with van der Waals surface area (Å²) in [5.41, 5.74) is -3.36. The first-order valence-corrected chi connectivity index (χ1v) is 6.65. The number of benzene rings is 1. The molecule has 2 aromatic rings. The molecule has 0 amide bonds. The average molecular weight is 361 g/mol. The molecule has 0 spiro atoms. The predicted octanol–water partition coefficient (Wildman–Crippen LogP) is 4.88. The van der Waals surface area contributed by atoms with Gasteiger partial charge in [0.1, 0.15) is 0 Å². The molecule has 9 heteroatoms. The molecule has 0 bridgehead atoms. The molecule has 0 aliphatic heterocycles. The first-order valence-electron chi connectivity index (χ1n) is 6.65. The Morgan fingerprint density at radius 1 is 0.960 bits per heavy atom. The van der Waals surface area contributed by atoms with Gasteiger partial charge in [0.15, 0.2) is 0 Å². The number of pyridine rings is 1. The van der Waals surface area contributed by atoms with Crippen molar-refractivity contribution in [1.29, 1.82) is 0 Å². The van der Waals surface area contributed by atoms with Gasteiger partial charge in [-0.15, -0.1) is 0 Å². The molecular weight excluding hydrogens is 352 g/mol. The summed E-state index contributed by atoms with van der Waals surface area (Å²) in [6.45, 7) is 0. The van der Waals surface area contributed by atoms with Gasteiger partial charge < -0.3 is 5.11 Å². The zero-order valence-corrected chi connectivity index (χ0v) is 12.2. The minimum absolute atomic E-state index is 0.0255. The number of rotatable bonds is 3. The lowest BCUT2D eigenvalue weighted by Gasteiger charge is -2.14. The highest BCUT2D eigenvalue weighted by Gasteiger charge is 2.37. The van der Waals surface area contributed by atoms with E-state index < -0.39 is 29.4 Å². The van der Waals surface area contributed by atoms with E-state index in [1.807, 2.05) is 0 Å². The number of halogens is 6. The van der Waals surface area contributed by atoms with E-state index >= 15 is 0 Å². The maximum absolute atomic E-state index is 12.9. The third-order valence-electron chi connectivity index (χ3n) is 3.05. The van der Waals surface area contributed by atoms with Gasteiger partial charge in [-0.05, 0) is 36.4 Å². The van der Waals surface area contributed by atoms with Crippen molar-refractivity contribution >= 4 is 12.0 Å². The fourth-order valence-electron chi connectivity index (χ4n) is 1.96. The Balaban J connectivity index is 2.58. The number of hydrogen-bond donors (Lipinski definition) is 1. The molecule has 1 N–H and O–H groups in total. The molecular formula is C16H9F6NO2. The highest BCUT2D eigenvalue weighted by molar-refractivity contribution is 5.85. The molecule has 1 aromatic carbocycles. The molecule has 0 unspecified atom stereocenters. The molecule has 0 saturated heterocycles. The second-order valence-electron chi connectivity index (χ2n) is 4.91. The third-order valence-corrected chi connectivity index (χ3v) is 3.05. The summed E-state index contributed by atoms with van der Waals surface area (Å²) in [5, 5.41) is 8.55. The molecule has 3 nitrogen and oxygen atoms in total. The van der Waals surface area contributed by atoms with E-state index in [4.69, 9.17) is 5.11 Å². The summed E-state index contributed by atoms with van der Waals surface area (Å²) < 4.78 is 77.3. The number of carbonyl (C=O) groups is 1. The fraction of sp³-hybridized carbons (Fsp3) is 0.125. The monoisotopic (exact) mass is 361 g/mol. The maximum Gasteiger partial charge on any atom is 0.416 e. The van der Waals surface area contributed by atoms with Gasteiger partial charge in [-0.2, -0.15) is 26.3 Å². The van der Waals surface area contributed by atoms with Crippen LogP contribution in [0.2, 0.25) is 0 Å². The number of nitrogens with zero attached hydrogens (tertiary/aromatic N) is 1. The fourth-order valence-corrected chi connectivity index (χ4v) is 1.96. The number of carboxylic acids is 1. The van der Waals surface area contributed by atoms with Crippen molar-refractivity contribution in [2.75, 3.05) is 0 Å². The van der Waals surface area contributed by atoms with Crippen LogP contribution >= 0.6 is 0 Å². The van der Waals surface area contributed by atoms with E-state index in [2.05, 4.69) is 4.98 Å². The molecule has 0 radical (unpaired) electrons. The Morgan fingerprint density at radius 3 is 2.00 bits per heavy atom. The highest BCUT2D eigenvalue weighted by atomic mass is 19.4. The van der Waals surface area contributed by atoms with Crippen LogP contribution in [0, 0.1) is 0 Å². The van der Waals surface area contributed by atoms with E-state index in [0.717, 1.165) is 12.2 Å². The topological polar surface area (TPSA) is 50.2 Å². The predicted molar refractivity (Wildman–Crippen MR) is 76.3 cm³/mol. The summed E-state index contributed by atoms with van der Waals surface area (Å²) in [4.78, 5) is 14.3. The molecule has 0 aliphatic rings. The van der Waals surface area contributed by atoms with Crippen LogP contribution in [0.25, 0.3) is 17.3 Å². The Hall–Kier alpha value is -2.84. The van der Waals surface area contributed by atoms with Crippen molar-refractivity contribution in [2.24, 2.45) is 0 Å². The van der Waals surface area contributed by atoms with Crippen molar-refractivity contribution in [3.05, 3.63) is 59.3 Å². The van der Waals surface area contributed by atoms with Gasteiger partial charge in [-0.1, -0.05) is 6.07 Å². The Bertz CT molecular complexity index is 792. The van der Waals surface area contributed by atoms with Crippen molar-refractivity contribution in [3.63, 3.8) is 0 Å². The van der Waals surface area contributed by atoms with Crippen LogP contribution in [-0.2, 0) is 17.1 Å². The summed E-state index contributed by atoms with van der Waals surface area (Å²) in [7, 11) is 0. The number of alkyl halides is 6. The molecule has 1 aromatic heterocycles. The van der Waals surface area contributed by atoms with Gasteiger partial charge in [0.25, 0.3) is 0 Å². The van der Waals surface area contributed by atoms with E-state index in [1.165, 1.54) is 18.2 Å². The molecule has 1 heterocycles. The van der Waals surface area contributed by atoms with Gasteiger partial charge in [0.2, 0.25) is 0 Å². The lowest BCUT2D eigenvalue weighted by atomic mass is 10.0. The number of hydrogen-bond acceptors (Lipinski definition) is 2. The lowest BCUT2D eigenvalue weighted by Crippen LogP contribution is -2.11. The first-order chi connectivity index (χ1) is 11.5. The van der Waals surface area contributed by atoms with Crippen molar-refractivity contribution in [3.8, 4) is 11.3 Å². The zero-order valence-electron chi connectivity index (χ0n) is 12.2. The number of carboxylic acid groups (broad SMARTS) is 1. The van der Waals surface area contributed by atoms with Gasteiger partial charge in [-0.25, -0.2) is 9.78 Å². The molecule has 0 aliphatic carbocycles. The van der Waals surface area contributed by atoms with E-state index in [1.54, 1.807) is 0 Å². The smallest absolute Gasteiger partial charge is 0.416 e. The van der Waals surface area contributed by atoms with Crippen molar-refractivity contribution in [1.82, 2.24) is 4.98 Å². The Labute approximate surface area is 137 Å². The molecule has 0 saturated carbocycles. The molecule has 132 valence electrons. The van der Waals surface area contributed by atoms with Gasteiger partial charge in [-0.3, -0.25) is 0 Å². The highest BCUT2D eigenvalue weighted by Crippen LogP contribution is 2.38. The van der Waals surface area contributed by atoms with Gasteiger partial charge >= 0.3 is 18.3 Å². The molecule has 0 atom stereocenters. The minimum Gasteiger partial charge on any atom is -0.478 e. The first kappa shape index (κ1) is 18.5. The second kappa shape index (κ2) is 6.58. The van der Waals surface area contributed by atoms with Crippen LogP contribution in [0.15, 0.2) is 42.5 Å². The molecule has 0 fully saturated rings. The van der Waals surface area contributed by atoms with Crippen LogP contribution < -0.4 is 0 Å². The molecule has 25 heavy (non-hydrogen) atoms. The summed E-state index contributed by atoms with van der Waals surface area (Å²) >= 11 is 0. The number of aliphatic carboxylic acids is 1. The normalized spacial score (nSPS) is 12.6. The van der Waals surface area contributed by atoms with Crippen LogP contribution in [0.4, 0.5) is 26.3 Å². The minimum atomic E-state index is -4.96.